The number of pyridine rings is 1. The van der Waals surface area contributed by atoms with E-state index in [-0.39, 0.29) is 24.0 Å². The number of ketones is 1. The maximum absolute atomic E-state index is 12.2. The van der Waals surface area contributed by atoms with Crippen LogP contribution < -0.4 is 0 Å². The number of nitrogens with zero attached hydrogens (tertiary/aromatic N) is 2. The van der Waals surface area contributed by atoms with Gasteiger partial charge in [0, 0.05) is 17.1 Å². The standard InChI is InChI=1S/C14H9ClN2O3/c15-10-4-9-3-8(1-2-12(9)16-5-10)13(19)14-17-6-11(7-18)20-14/h1-6,18H,7H2. The van der Waals surface area contributed by atoms with Crippen LogP contribution in [0.2, 0.25) is 5.02 Å². The van der Waals surface area contributed by atoms with Crippen molar-refractivity contribution < 1.29 is 14.3 Å². The van der Waals surface area contributed by atoms with Crippen LogP contribution in [0.25, 0.3) is 10.9 Å². The summed E-state index contributed by atoms with van der Waals surface area (Å²) in [5.74, 6) is -0.159. The summed E-state index contributed by atoms with van der Waals surface area (Å²) in [6.45, 7) is -0.294. The first kappa shape index (κ1) is 12.8. The first-order chi connectivity index (χ1) is 9.67. The lowest BCUT2D eigenvalue weighted by atomic mass is 10.1. The summed E-state index contributed by atoms with van der Waals surface area (Å²) < 4.78 is 5.13. The topological polar surface area (TPSA) is 76.2 Å². The zero-order valence-electron chi connectivity index (χ0n) is 10.2. The summed E-state index contributed by atoms with van der Waals surface area (Å²) in [6, 6.07) is 6.79. The third-order valence-corrected chi connectivity index (χ3v) is 3.02. The average Bonchev–Trinajstić information content (AvgIpc) is 2.94. The predicted molar refractivity (Wildman–Crippen MR) is 72.6 cm³/mol. The lowest BCUT2D eigenvalue weighted by Crippen LogP contribution is -2.01. The van der Waals surface area contributed by atoms with Gasteiger partial charge in [-0.15, -0.1) is 0 Å². The van der Waals surface area contributed by atoms with Crippen molar-refractivity contribution in [2.75, 3.05) is 0 Å². The van der Waals surface area contributed by atoms with E-state index in [0.717, 1.165) is 10.9 Å². The van der Waals surface area contributed by atoms with E-state index < -0.39 is 0 Å². The quantitative estimate of drug-likeness (QED) is 0.750. The number of aliphatic hydroxyl groups excluding tert-OH is 1. The molecule has 6 heteroatoms. The molecule has 0 unspecified atom stereocenters. The Morgan fingerprint density at radius 3 is 2.85 bits per heavy atom. The molecule has 2 heterocycles. The van der Waals surface area contributed by atoms with Gasteiger partial charge in [-0.25, -0.2) is 4.98 Å². The molecule has 0 fully saturated rings. The van der Waals surface area contributed by atoms with E-state index in [1.807, 2.05) is 0 Å². The number of oxazole rings is 1. The van der Waals surface area contributed by atoms with Crippen LogP contribution in [-0.2, 0) is 6.61 Å². The van der Waals surface area contributed by atoms with Crippen molar-refractivity contribution in [1.29, 1.82) is 0 Å². The second kappa shape index (κ2) is 5.03. The van der Waals surface area contributed by atoms with Crippen molar-refractivity contribution in [3.8, 4) is 0 Å². The number of carbonyl (C=O) groups excluding carboxylic acids is 1. The van der Waals surface area contributed by atoms with Crippen molar-refractivity contribution in [3.05, 3.63) is 58.9 Å². The lowest BCUT2D eigenvalue weighted by Gasteiger charge is -2.01. The fourth-order valence-corrected chi connectivity index (χ4v) is 2.02. The highest BCUT2D eigenvalue weighted by Gasteiger charge is 2.16. The molecule has 3 aromatic rings. The Morgan fingerprint density at radius 1 is 1.25 bits per heavy atom. The Balaban J connectivity index is 2.02. The van der Waals surface area contributed by atoms with Crippen LogP contribution in [0.4, 0.5) is 0 Å². The number of rotatable bonds is 3. The number of aliphatic hydroxyl groups is 1. The zero-order chi connectivity index (χ0) is 14.1. The van der Waals surface area contributed by atoms with Crippen LogP contribution in [0.5, 0.6) is 0 Å². The zero-order valence-corrected chi connectivity index (χ0v) is 11.0. The summed E-state index contributed by atoms with van der Waals surface area (Å²) >= 11 is 5.88. The van der Waals surface area contributed by atoms with E-state index in [1.165, 1.54) is 6.20 Å². The van der Waals surface area contributed by atoms with Crippen LogP contribution >= 0.6 is 11.6 Å². The maximum Gasteiger partial charge on any atom is 0.268 e. The van der Waals surface area contributed by atoms with E-state index in [4.69, 9.17) is 21.1 Å². The maximum atomic E-state index is 12.2. The molecule has 0 aliphatic heterocycles. The summed E-state index contributed by atoms with van der Waals surface area (Å²) in [5.41, 5.74) is 1.17. The van der Waals surface area contributed by atoms with Gasteiger partial charge in [0.15, 0.2) is 0 Å². The van der Waals surface area contributed by atoms with Gasteiger partial charge in [-0.05, 0) is 24.3 Å². The second-order valence-electron chi connectivity index (χ2n) is 4.18. The summed E-state index contributed by atoms with van der Waals surface area (Å²) in [6.07, 6.45) is 2.87. The molecule has 100 valence electrons. The highest BCUT2D eigenvalue weighted by Crippen LogP contribution is 2.20. The molecule has 0 aliphatic carbocycles. The van der Waals surface area contributed by atoms with E-state index in [9.17, 15) is 4.79 Å². The number of hydrogen-bond donors (Lipinski definition) is 1. The molecule has 2 aromatic heterocycles. The van der Waals surface area contributed by atoms with E-state index in [1.54, 1.807) is 30.5 Å². The highest BCUT2D eigenvalue weighted by molar-refractivity contribution is 6.31. The fourth-order valence-electron chi connectivity index (χ4n) is 1.86. The molecular formula is C14H9ClN2O3. The average molecular weight is 289 g/mol. The smallest absolute Gasteiger partial charge is 0.268 e. The first-order valence-electron chi connectivity index (χ1n) is 5.83. The van der Waals surface area contributed by atoms with E-state index in [0.29, 0.717) is 10.6 Å². The van der Waals surface area contributed by atoms with Crippen LogP contribution in [0.3, 0.4) is 0 Å². The predicted octanol–water partition coefficient (Wildman–Crippen LogP) is 2.60. The molecule has 0 atom stereocenters. The van der Waals surface area contributed by atoms with Crippen molar-refractivity contribution in [1.82, 2.24) is 9.97 Å². The number of carbonyl (C=O) groups is 1. The fraction of sp³-hybridized carbons (Fsp3) is 0.0714. The van der Waals surface area contributed by atoms with Crippen LogP contribution in [0.1, 0.15) is 22.0 Å². The van der Waals surface area contributed by atoms with Gasteiger partial charge in [0.1, 0.15) is 12.4 Å². The van der Waals surface area contributed by atoms with Crippen LogP contribution in [-0.4, -0.2) is 20.9 Å². The molecule has 1 N–H and O–H groups in total. The third-order valence-electron chi connectivity index (χ3n) is 2.81. The summed E-state index contributed by atoms with van der Waals surface area (Å²) in [4.78, 5) is 20.2. The van der Waals surface area contributed by atoms with Crippen molar-refractivity contribution in [2.45, 2.75) is 6.61 Å². The third kappa shape index (κ3) is 2.29. The van der Waals surface area contributed by atoms with Gasteiger partial charge in [-0.2, -0.15) is 0 Å². The molecular weight excluding hydrogens is 280 g/mol. The highest BCUT2D eigenvalue weighted by atomic mass is 35.5. The van der Waals surface area contributed by atoms with E-state index in [2.05, 4.69) is 9.97 Å². The molecule has 0 saturated heterocycles. The van der Waals surface area contributed by atoms with Gasteiger partial charge in [-0.1, -0.05) is 11.6 Å². The van der Waals surface area contributed by atoms with Gasteiger partial charge >= 0.3 is 0 Å². The Bertz CT molecular complexity index is 798. The Labute approximate surface area is 118 Å². The van der Waals surface area contributed by atoms with Gasteiger partial charge in [0.25, 0.3) is 5.89 Å². The number of fused-ring (bicyclic) bond motifs is 1. The minimum atomic E-state index is -0.355. The molecule has 0 spiro atoms. The molecule has 0 radical (unpaired) electrons. The van der Waals surface area contributed by atoms with Crippen molar-refractivity contribution in [2.24, 2.45) is 0 Å². The number of benzene rings is 1. The molecule has 5 nitrogen and oxygen atoms in total. The number of hydrogen-bond acceptors (Lipinski definition) is 5. The Morgan fingerprint density at radius 2 is 2.10 bits per heavy atom. The van der Waals surface area contributed by atoms with Gasteiger partial charge < -0.3 is 9.52 Å². The lowest BCUT2D eigenvalue weighted by molar-refractivity contribution is 0.0998. The van der Waals surface area contributed by atoms with Gasteiger partial charge in [0.2, 0.25) is 5.78 Å². The normalized spacial score (nSPS) is 10.9. The molecule has 0 aliphatic rings. The molecule has 3 rings (SSSR count). The van der Waals surface area contributed by atoms with Gasteiger partial charge in [0.05, 0.1) is 16.7 Å². The van der Waals surface area contributed by atoms with Crippen molar-refractivity contribution in [3.63, 3.8) is 0 Å². The Kier molecular flexibility index (Phi) is 3.22. The largest absolute Gasteiger partial charge is 0.436 e. The molecule has 0 saturated carbocycles. The van der Waals surface area contributed by atoms with Gasteiger partial charge in [-0.3, -0.25) is 9.78 Å². The SMILES string of the molecule is O=C(c1ccc2ncc(Cl)cc2c1)c1ncc(CO)o1. The number of aromatic nitrogens is 2. The van der Waals surface area contributed by atoms with Crippen molar-refractivity contribution >= 4 is 28.3 Å². The molecule has 1 aromatic carbocycles. The Hall–Kier alpha value is -2.24. The summed E-state index contributed by atoms with van der Waals surface area (Å²) in [7, 11) is 0. The number of halogens is 1. The minimum absolute atomic E-state index is 0.0524. The monoisotopic (exact) mass is 288 g/mol. The second-order valence-corrected chi connectivity index (χ2v) is 4.62. The molecule has 0 bridgehead atoms. The molecule has 20 heavy (non-hydrogen) atoms. The van der Waals surface area contributed by atoms with E-state index >= 15 is 0 Å². The summed E-state index contributed by atoms with van der Waals surface area (Å²) in [5, 5.41) is 10.2. The minimum Gasteiger partial charge on any atom is -0.436 e. The van der Waals surface area contributed by atoms with Crippen LogP contribution in [0, 0.1) is 0 Å². The molecule has 0 amide bonds. The van der Waals surface area contributed by atoms with Crippen LogP contribution in [0.15, 0.2) is 41.1 Å². The first-order valence-corrected chi connectivity index (χ1v) is 6.21.